The Labute approximate surface area is 115 Å². The number of nitrogens with two attached hydrogens (primary N) is 1. The van der Waals surface area contributed by atoms with E-state index in [2.05, 4.69) is 50.2 Å². The molecule has 1 aromatic heterocycles. The van der Waals surface area contributed by atoms with Gasteiger partial charge in [-0.05, 0) is 47.4 Å². The molecular weight excluding hydrogens is 232 g/mol. The molecule has 0 amide bonds. The van der Waals surface area contributed by atoms with Crippen molar-refractivity contribution in [2.24, 2.45) is 11.7 Å². The first-order valence-corrected chi connectivity index (χ1v) is 7.34. The predicted molar refractivity (Wildman–Crippen MR) is 81.3 cm³/mol. The van der Waals surface area contributed by atoms with E-state index in [1.165, 1.54) is 41.3 Å². The van der Waals surface area contributed by atoms with Crippen molar-refractivity contribution >= 4 is 10.9 Å². The SMILES string of the molecule is CC(C)(C)c1ccc2[nH]cc(C(N)C3CCC3)c2c1. The van der Waals surface area contributed by atoms with Crippen molar-refractivity contribution in [2.75, 3.05) is 0 Å². The van der Waals surface area contributed by atoms with Gasteiger partial charge < -0.3 is 10.7 Å². The van der Waals surface area contributed by atoms with E-state index in [0.717, 1.165) is 0 Å². The summed E-state index contributed by atoms with van der Waals surface area (Å²) in [6, 6.07) is 6.92. The molecule has 1 aliphatic rings. The van der Waals surface area contributed by atoms with E-state index >= 15 is 0 Å². The largest absolute Gasteiger partial charge is 0.361 e. The van der Waals surface area contributed by atoms with Gasteiger partial charge in [-0.3, -0.25) is 0 Å². The van der Waals surface area contributed by atoms with Crippen LogP contribution in [0.1, 0.15) is 57.2 Å². The normalized spacial score (nSPS) is 18.5. The summed E-state index contributed by atoms with van der Waals surface area (Å²) in [5.41, 5.74) is 10.5. The topological polar surface area (TPSA) is 41.8 Å². The van der Waals surface area contributed by atoms with Crippen LogP contribution in [0.3, 0.4) is 0 Å². The molecule has 3 rings (SSSR count). The minimum atomic E-state index is 0.184. The number of benzene rings is 1. The van der Waals surface area contributed by atoms with Crippen molar-refractivity contribution in [3.63, 3.8) is 0 Å². The van der Waals surface area contributed by atoms with E-state index in [1.54, 1.807) is 0 Å². The van der Waals surface area contributed by atoms with Gasteiger partial charge in [0.05, 0.1) is 0 Å². The second kappa shape index (κ2) is 4.38. The van der Waals surface area contributed by atoms with Gasteiger partial charge in [-0.15, -0.1) is 0 Å². The lowest BCUT2D eigenvalue weighted by Gasteiger charge is -2.31. The van der Waals surface area contributed by atoms with Crippen LogP contribution >= 0.6 is 0 Å². The first kappa shape index (κ1) is 12.7. The van der Waals surface area contributed by atoms with E-state index < -0.39 is 0 Å². The molecule has 0 radical (unpaired) electrons. The van der Waals surface area contributed by atoms with Gasteiger partial charge in [0.1, 0.15) is 0 Å². The molecular formula is C17H24N2. The minimum absolute atomic E-state index is 0.184. The highest BCUT2D eigenvalue weighted by atomic mass is 14.7. The number of aromatic nitrogens is 1. The van der Waals surface area contributed by atoms with Gasteiger partial charge in [-0.1, -0.05) is 33.3 Å². The Morgan fingerprint density at radius 3 is 2.58 bits per heavy atom. The van der Waals surface area contributed by atoms with Gasteiger partial charge in [-0.25, -0.2) is 0 Å². The van der Waals surface area contributed by atoms with Gasteiger partial charge in [0, 0.05) is 23.1 Å². The van der Waals surface area contributed by atoms with Gasteiger partial charge >= 0.3 is 0 Å². The fourth-order valence-corrected chi connectivity index (χ4v) is 2.94. The Morgan fingerprint density at radius 1 is 1.26 bits per heavy atom. The zero-order chi connectivity index (χ0) is 13.6. The maximum atomic E-state index is 6.45. The molecule has 1 aliphatic carbocycles. The van der Waals surface area contributed by atoms with E-state index in [4.69, 9.17) is 5.73 Å². The van der Waals surface area contributed by atoms with Gasteiger partial charge in [0.15, 0.2) is 0 Å². The van der Waals surface area contributed by atoms with Crippen LogP contribution in [-0.4, -0.2) is 4.98 Å². The molecule has 0 spiro atoms. The summed E-state index contributed by atoms with van der Waals surface area (Å²) in [6.07, 6.45) is 6.02. The molecule has 0 saturated heterocycles. The molecule has 1 saturated carbocycles. The van der Waals surface area contributed by atoms with Crippen LogP contribution < -0.4 is 5.73 Å². The number of rotatable bonds is 2. The Hall–Kier alpha value is -1.28. The maximum absolute atomic E-state index is 6.45. The van der Waals surface area contributed by atoms with Crippen molar-refractivity contribution in [1.29, 1.82) is 0 Å². The second-order valence-corrected chi connectivity index (χ2v) is 6.97. The molecule has 2 heteroatoms. The summed E-state index contributed by atoms with van der Waals surface area (Å²) < 4.78 is 0. The predicted octanol–water partition coefficient (Wildman–Crippen LogP) is 4.27. The van der Waals surface area contributed by atoms with E-state index in [-0.39, 0.29) is 11.5 Å². The summed E-state index contributed by atoms with van der Waals surface area (Å²) in [4.78, 5) is 3.37. The number of nitrogens with one attached hydrogen (secondary N) is 1. The third kappa shape index (κ3) is 2.18. The van der Waals surface area contributed by atoms with Crippen molar-refractivity contribution in [2.45, 2.75) is 51.5 Å². The zero-order valence-electron chi connectivity index (χ0n) is 12.2. The molecule has 0 bridgehead atoms. The lowest BCUT2D eigenvalue weighted by atomic mass is 9.77. The van der Waals surface area contributed by atoms with E-state index in [0.29, 0.717) is 5.92 Å². The molecule has 19 heavy (non-hydrogen) atoms. The Morgan fingerprint density at radius 2 is 2.00 bits per heavy atom. The number of hydrogen-bond acceptors (Lipinski definition) is 1. The molecule has 102 valence electrons. The Kier molecular flexibility index (Phi) is 2.94. The third-order valence-corrected chi connectivity index (χ3v) is 4.60. The van der Waals surface area contributed by atoms with Crippen molar-refractivity contribution in [3.05, 3.63) is 35.5 Å². The number of hydrogen-bond donors (Lipinski definition) is 2. The second-order valence-electron chi connectivity index (χ2n) is 6.97. The minimum Gasteiger partial charge on any atom is -0.361 e. The molecule has 1 atom stereocenters. The molecule has 2 nitrogen and oxygen atoms in total. The van der Waals surface area contributed by atoms with Gasteiger partial charge in [0.2, 0.25) is 0 Å². The maximum Gasteiger partial charge on any atom is 0.0457 e. The first-order valence-electron chi connectivity index (χ1n) is 7.34. The molecule has 1 aromatic carbocycles. The Bertz CT molecular complexity index is 585. The summed E-state index contributed by atoms with van der Waals surface area (Å²) in [5, 5.41) is 1.31. The number of H-pyrrole nitrogens is 1. The molecule has 1 heterocycles. The van der Waals surface area contributed by atoms with E-state index in [9.17, 15) is 0 Å². The third-order valence-electron chi connectivity index (χ3n) is 4.60. The number of fused-ring (bicyclic) bond motifs is 1. The van der Waals surface area contributed by atoms with Crippen molar-refractivity contribution in [3.8, 4) is 0 Å². The van der Waals surface area contributed by atoms with Gasteiger partial charge in [0.25, 0.3) is 0 Å². The highest BCUT2D eigenvalue weighted by Crippen LogP contribution is 2.39. The summed E-state index contributed by atoms with van der Waals surface area (Å²) in [6.45, 7) is 6.77. The van der Waals surface area contributed by atoms with Crippen LogP contribution in [-0.2, 0) is 5.41 Å². The first-order chi connectivity index (χ1) is 8.97. The van der Waals surface area contributed by atoms with Crippen molar-refractivity contribution in [1.82, 2.24) is 4.98 Å². The quantitative estimate of drug-likeness (QED) is 0.828. The summed E-state index contributed by atoms with van der Waals surface area (Å²) in [5.74, 6) is 0.678. The molecule has 1 unspecified atom stereocenters. The van der Waals surface area contributed by atoms with Crippen LogP contribution in [0.15, 0.2) is 24.4 Å². The van der Waals surface area contributed by atoms with Crippen LogP contribution in [0, 0.1) is 5.92 Å². The fraction of sp³-hybridized carbons (Fsp3) is 0.529. The highest BCUT2D eigenvalue weighted by molar-refractivity contribution is 5.84. The lowest BCUT2D eigenvalue weighted by molar-refractivity contribution is 0.265. The van der Waals surface area contributed by atoms with Gasteiger partial charge in [-0.2, -0.15) is 0 Å². The number of aromatic amines is 1. The standard InChI is InChI=1S/C17H24N2/c1-17(2,3)12-7-8-15-13(9-12)14(10-19-15)16(18)11-5-4-6-11/h7-11,16,19H,4-6,18H2,1-3H3. The Balaban J connectivity index is 2.05. The fourth-order valence-electron chi connectivity index (χ4n) is 2.94. The van der Waals surface area contributed by atoms with Crippen LogP contribution in [0.25, 0.3) is 10.9 Å². The zero-order valence-corrected chi connectivity index (χ0v) is 12.2. The monoisotopic (exact) mass is 256 g/mol. The highest BCUT2D eigenvalue weighted by Gasteiger charge is 2.27. The smallest absolute Gasteiger partial charge is 0.0457 e. The molecule has 3 N–H and O–H groups in total. The van der Waals surface area contributed by atoms with Crippen molar-refractivity contribution < 1.29 is 0 Å². The molecule has 0 aliphatic heterocycles. The average molecular weight is 256 g/mol. The molecule has 1 fully saturated rings. The van der Waals surface area contributed by atoms with Crippen LogP contribution in [0.5, 0.6) is 0 Å². The summed E-state index contributed by atoms with van der Waals surface area (Å²) >= 11 is 0. The van der Waals surface area contributed by atoms with Crippen LogP contribution in [0.2, 0.25) is 0 Å². The lowest BCUT2D eigenvalue weighted by Crippen LogP contribution is -2.26. The van der Waals surface area contributed by atoms with E-state index in [1.807, 2.05) is 0 Å². The average Bonchev–Trinajstić information content (AvgIpc) is 2.67. The van der Waals surface area contributed by atoms with Crippen LogP contribution in [0.4, 0.5) is 0 Å². The molecule has 2 aromatic rings. The summed E-state index contributed by atoms with van der Waals surface area (Å²) in [7, 11) is 0.